The lowest BCUT2D eigenvalue weighted by Crippen LogP contribution is -2.00. The second-order valence-electron chi connectivity index (χ2n) is 5.56. The van der Waals surface area contributed by atoms with E-state index in [-0.39, 0.29) is 0 Å². The Morgan fingerprint density at radius 2 is 1.21 bits per heavy atom. The zero-order chi connectivity index (χ0) is 14.4. The lowest BCUT2D eigenvalue weighted by molar-refractivity contribution is 0.319. The van der Waals surface area contributed by atoms with Gasteiger partial charge in [0.25, 0.3) is 0 Å². The number of hydrogen-bond acceptors (Lipinski definition) is 3. The average molecular weight is 291 g/mol. The first-order chi connectivity index (χ1) is 9.12. The van der Waals surface area contributed by atoms with E-state index in [2.05, 4.69) is 17.8 Å². The molecule has 19 heavy (non-hydrogen) atoms. The molecule has 0 radical (unpaired) electrons. The summed E-state index contributed by atoms with van der Waals surface area (Å²) < 4.78 is 4.49. The van der Waals surface area contributed by atoms with Crippen molar-refractivity contribution in [1.82, 2.24) is 0 Å². The van der Waals surface area contributed by atoms with E-state index in [1.165, 1.54) is 64.2 Å². The van der Waals surface area contributed by atoms with E-state index in [0.717, 1.165) is 12.8 Å². The van der Waals surface area contributed by atoms with Gasteiger partial charge < -0.3 is 4.89 Å². The van der Waals surface area contributed by atoms with E-state index in [1.54, 1.807) is 0 Å². The molecule has 1 unspecified atom stereocenters. The molecule has 0 aliphatic heterocycles. The Balaban J connectivity index is 3.09. The first kappa shape index (κ1) is 19.2. The molecule has 0 rings (SSSR count). The molecule has 0 aliphatic rings. The molecule has 1 atom stereocenters. The van der Waals surface area contributed by atoms with Gasteiger partial charge in [-0.25, -0.2) is 5.90 Å². The van der Waals surface area contributed by atoms with Crippen LogP contribution in [-0.2, 0) is 4.62 Å². The zero-order valence-corrected chi connectivity index (χ0v) is 13.7. The lowest BCUT2D eigenvalue weighted by atomic mass is 10.1. The number of rotatable bonds is 14. The van der Waals surface area contributed by atoms with Crippen LogP contribution < -0.4 is 5.90 Å². The van der Waals surface area contributed by atoms with E-state index in [9.17, 15) is 4.89 Å². The van der Waals surface area contributed by atoms with Crippen molar-refractivity contribution in [3.8, 4) is 0 Å². The summed E-state index contributed by atoms with van der Waals surface area (Å²) in [6, 6.07) is 0. The third-order valence-electron chi connectivity index (χ3n) is 3.56. The molecule has 3 N–H and O–H groups in total. The average Bonchev–Trinajstić information content (AvgIpc) is 2.40. The van der Waals surface area contributed by atoms with E-state index >= 15 is 0 Å². The van der Waals surface area contributed by atoms with Gasteiger partial charge in [-0.15, -0.1) is 0 Å². The van der Waals surface area contributed by atoms with Crippen LogP contribution >= 0.6 is 7.34 Å². The highest BCUT2D eigenvalue weighted by atomic mass is 31.2. The fourth-order valence-corrected chi connectivity index (χ4v) is 3.08. The van der Waals surface area contributed by atoms with Crippen molar-refractivity contribution in [3.05, 3.63) is 0 Å². The molecule has 0 amide bonds. The van der Waals surface area contributed by atoms with Gasteiger partial charge in [-0.3, -0.25) is 4.62 Å². The summed E-state index contributed by atoms with van der Waals surface area (Å²) >= 11 is 0. The highest BCUT2D eigenvalue weighted by Crippen LogP contribution is 2.39. The van der Waals surface area contributed by atoms with Gasteiger partial charge in [0.1, 0.15) is 7.34 Å². The zero-order valence-electron chi connectivity index (χ0n) is 12.8. The Kier molecular flexibility index (Phi) is 13.3. The SMILES string of the molecule is C=P(O)(CCCCCCCCCCCCCC)ON. The largest absolute Gasteiger partial charge is 0.352 e. The maximum Gasteiger partial charge on any atom is 0.136 e. The molecule has 116 valence electrons. The van der Waals surface area contributed by atoms with E-state index < -0.39 is 7.34 Å². The molecule has 0 saturated heterocycles. The van der Waals surface area contributed by atoms with Crippen molar-refractivity contribution < 1.29 is 9.52 Å². The molecule has 0 fully saturated rings. The van der Waals surface area contributed by atoms with Gasteiger partial charge in [-0.05, 0) is 6.42 Å². The van der Waals surface area contributed by atoms with Crippen LogP contribution in [0.5, 0.6) is 0 Å². The number of unbranched alkanes of at least 4 members (excludes halogenated alkanes) is 11. The Labute approximate surface area is 120 Å². The molecule has 3 nitrogen and oxygen atoms in total. The first-order valence-corrected chi connectivity index (χ1v) is 9.99. The molecule has 0 aromatic rings. The standard InChI is InChI=1S/C15H34NO2P/c1-3-4-5-6-7-8-9-10-11-12-13-14-15-19(2,17)18-16/h17H,2-16H2,1H3. The minimum atomic E-state index is -2.48. The quantitative estimate of drug-likeness (QED) is 0.273. The van der Waals surface area contributed by atoms with Crippen LogP contribution in [0.1, 0.15) is 84.0 Å². The lowest BCUT2D eigenvalue weighted by Gasteiger charge is -2.13. The minimum absolute atomic E-state index is 0.626. The normalized spacial score (nSPS) is 14.5. The molecule has 0 aromatic carbocycles. The van der Waals surface area contributed by atoms with Gasteiger partial charge in [-0.2, -0.15) is 0 Å². The predicted octanol–water partition coefficient (Wildman–Crippen LogP) is 4.85. The van der Waals surface area contributed by atoms with Crippen molar-refractivity contribution in [2.24, 2.45) is 5.90 Å². The van der Waals surface area contributed by atoms with Gasteiger partial charge in [-0.1, -0.05) is 83.9 Å². The molecule has 0 bridgehead atoms. The monoisotopic (exact) mass is 291 g/mol. The molecular weight excluding hydrogens is 257 g/mol. The Morgan fingerprint density at radius 1 is 0.842 bits per heavy atom. The van der Waals surface area contributed by atoms with Gasteiger partial charge >= 0.3 is 0 Å². The van der Waals surface area contributed by atoms with Crippen molar-refractivity contribution in [2.75, 3.05) is 6.16 Å². The molecule has 0 aliphatic carbocycles. The van der Waals surface area contributed by atoms with Gasteiger partial charge in [0, 0.05) is 6.16 Å². The van der Waals surface area contributed by atoms with Crippen molar-refractivity contribution in [3.63, 3.8) is 0 Å². The van der Waals surface area contributed by atoms with Crippen molar-refractivity contribution >= 4 is 13.6 Å². The van der Waals surface area contributed by atoms with Gasteiger partial charge in [0.05, 0.1) is 0 Å². The van der Waals surface area contributed by atoms with Crippen LogP contribution in [0.15, 0.2) is 0 Å². The summed E-state index contributed by atoms with van der Waals surface area (Å²) in [5, 5.41) is 0. The van der Waals surface area contributed by atoms with Crippen LogP contribution in [0.3, 0.4) is 0 Å². The predicted molar refractivity (Wildman–Crippen MR) is 87.5 cm³/mol. The smallest absolute Gasteiger partial charge is 0.136 e. The fraction of sp³-hybridized carbons (Fsp3) is 0.933. The maximum absolute atomic E-state index is 9.54. The summed E-state index contributed by atoms with van der Waals surface area (Å²) in [5.41, 5.74) is 0. The second kappa shape index (κ2) is 13.2. The van der Waals surface area contributed by atoms with Crippen LogP contribution in [0, 0.1) is 0 Å². The molecule has 0 aromatic heterocycles. The van der Waals surface area contributed by atoms with Crippen LogP contribution in [0.2, 0.25) is 0 Å². The number of hydrogen-bond donors (Lipinski definition) is 2. The van der Waals surface area contributed by atoms with Crippen LogP contribution in [-0.4, -0.2) is 17.4 Å². The molecule has 0 heterocycles. The van der Waals surface area contributed by atoms with Crippen molar-refractivity contribution in [1.29, 1.82) is 0 Å². The second-order valence-corrected chi connectivity index (χ2v) is 7.92. The molecular formula is C15H34NO2P. The Bertz CT molecular complexity index is 234. The summed E-state index contributed by atoms with van der Waals surface area (Å²) in [7, 11) is -2.48. The Morgan fingerprint density at radius 3 is 1.58 bits per heavy atom. The highest BCUT2D eigenvalue weighted by molar-refractivity contribution is 7.63. The van der Waals surface area contributed by atoms with Crippen molar-refractivity contribution in [2.45, 2.75) is 84.0 Å². The van der Waals surface area contributed by atoms with Crippen LogP contribution in [0.4, 0.5) is 0 Å². The summed E-state index contributed by atoms with van der Waals surface area (Å²) in [6.07, 6.45) is 20.0. The van der Waals surface area contributed by atoms with Crippen LogP contribution in [0.25, 0.3) is 0 Å². The molecule has 4 heteroatoms. The van der Waals surface area contributed by atoms with E-state index in [0.29, 0.717) is 6.16 Å². The van der Waals surface area contributed by atoms with E-state index in [4.69, 9.17) is 5.90 Å². The van der Waals surface area contributed by atoms with Gasteiger partial charge in [0.15, 0.2) is 0 Å². The third kappa shape index (κ3) is 14.4. The highest BCUT2D eigenvalue weighted by Gasteiger charge is 2.07. The summed E-state index contributed by atoms with van der Waals surface area (Å²) in [4.78, 5) is 9.54. The fourth-order valence-electron chi connectivity index (χ4n) is 2.25. The molecule has 0 saturated carbocycles. The van der Waals surface area contributed by atoms with E-state index in [1.807, 2.05) is 0 Å². The first-order valence-electron chi connectivity index (χ1n) is 7.96. The number of nitrogens with two attached hydrogens (primary N) is 1. The minimum Gasteiger partial charge on any atom is -0.352 e. The summed E-state index contributed by atoms with van der Waals surface area (Å²) in [6.45, 7) is 2.26. The Hall–Kier alpha value is 0.180. The summed E-state index contributed by atoms with van der Waals surface area (Å²) in [5.74, 6) is 4.98. The third-order valence-corrected chi connectivity index (χ3v) is 4.96. The topological polar surface area (TPSA) is 55.5 Å². The maximum atomic E-state index is 9.54. The molecule has 0 spiro atoms. The van der Waals surface area contributed by atoms with Gasteiger partial charge in [0.2, 0.25) is 0 Å².